The summed E-state index contributed by atoms with van der Waals surface area (Å²) >= 11 is 0. The van der Waals surface area contributed by atoms with Crippen molar-refractivity contribution in [1.82, 2.24) is 0 Å². The minimum Gasteiger partial charge on any atom is -0.497 e. The van der Waals surface area contributed by atoms with Crippen molar-refractivity contribution in [1.29, 1.82) is 0 Å². The lowest BCUT2D eigenvalue weighted by molar-refractivity contribution is -0.121. The lowest BCUT2D eigenvalue weighted by Gasteiger charge is -2.28. The molecule has 5 nitrogen and oxygen atoms in total. The molecule has 0 bridgehead atoms. The lowest BCUT2D eigenvalue weighted by Crippen LogP contribution is -2.45. The summed E-state index contributed by atoms with van der Waals surface area (Å²) in [6.45, 7) is 0. The fraction of sp³-hybridized carbons (Fsp3) is 0.263. The molecule has 1 heterocycles. The van der Waals surface area contributed by atoms with Gasteiger partial charge in [0, 0.05) is 24.8 Å². The SMILES string of the molecule is COc1ccc(N2C(=O)CCC2C(=O)N(C)c2ccccc2)cc1. The van der Waals surface area contributed by atoms with E-state index in [0.717, 1.165) is 17.1 Å². The Labute approximate surface area is 141 Å². The molecule has 0 radical (unpaired) electrons. The van der Waals surface area contributed by atoms with Crippen molar-refractivity contribution in [2.75, 3.05) is 24.0 Å². The van der Waals surface area contributed by atoms with E-state index in [1.165, 1.54) is 0 Å². The number of amides is 2. The van der Waals surface area contributed by atoms with Gasteiger partial charge < -0.3 is 9.64 Å². The first-order valence-electron chi connectivity index (χ1n) is 7.90. The third-order valence-corrected chi connectivity index (χ3v) is 4.32. The van der Waals surface area contributed by atoms with Gasteiger partial charge in [-0.15, -0.1) is 0 Å². The Hall–Kier alpha value is -2.82. The molecule has 24 heavy (non-hydrogen) atoms. The summed E-state index contributed by atoms with van der Waals surface area (Å²) in [5, 5.41) is 0. The summed E-state index contributed by atoms with van der Waals surface area (Å²) in [5.41, 5.74) is 1.54. The quantitative estimate of drug-likeness (QED) is 0.869. The van der Waals surface area contributed by atoms with Gasteiger partial charge in [0.15, 0.2) is 0 Å². The Morgan fingerprint density at radius 1 is 1.12 bits per heavy atom. The van der Waals surface area contributed by atoms with E-state index in [9.17, 15) is 9.59 Å². The van der Waals surface area contributed by atoms with Crippen LogP contribution in [0, 0.1) is 0 Å². The van der Waals surface area contributed by atoms with E-state index in [1.54, 1.807) is 36.1 Å². The van der Waals surface area contributed by atoms with Crippen molar-refractivity contribution >= 4 is 23.2 Å². The average molecular weight is 324 g/mol. The molecule has 0 N–H and O–H groups in total. The molecule has 1 unspecified atom stereocenters. The molecule has 1 fully saturated rings. The number of hydrogen-bond donors (Lipinski definition) is 0. The second-order valence-electron chi connectivity index (χ2n) is 5.75. The summed E-state index contributed by atoms with van der Waals surface area (Å²) in [4.78, 5) is 28.4. The molecule has 2 amide bonds. The van der Waals surface area contributed by atoms with E-state index < -0.39 is 6.04 Å². The number of para-hydroxylation sites is 1. The van der Waals surface area contributed by atoms with Gasteiger partial charge in [0.25, 0.3) is 0 Å². The molecule has 0 aromatic heterocycles. The number of likely N-dealkylation sites (N-methyl/N-ethyl adjacent to an activating group) is 1. The van der Waals surface area contributed by atoms with Gasteiger partial charge in [0.1, 0.15) is 11.8 Å². The topological polar surface area (TPSA) is 49.9 Å². The summed E-state index contributed by atoms with van der Waals surface area (Å²) in [6.07, 6.45) is 0.909. The lowest BCUT2D eigenvalue weighted by atomic mass is 10.1. The van der Waals surface area contributed by atoms with Gasteiger partial charge in [-0.05, 0) is 42.8 Å². The van der Waals surface area contributed by atoms with Gasteiger partial charge in [0.05, 0.1) is 7.11 Å². The maximum atomic E-state index is 12.9. The fourth-order valence-electron chi connectivity index (χ4n) is 2.99. The largest absolute Gasteiger partial charge is 0.497 e. The van der Waals surface area contributed by atoms with Crippen molar-refractivity contribution in [3.8, 4) is 5.75 Å². The Balaban J connectivity index is 1.85. The van der Waals surface area contributed by atoms with E-state index in [0.29, 0.717) is 12.8 Å². The zero-order chi connectivity index (χ0) is 17.1. The number of benzene rings is 2. The van der Waals surface area contributed by atoms with Crippen LogP contribution in [-0.2, 0) is 9.59 Å². The smallest absolute Gasteiger partial charge is 0.249 e. The van der Waals surface area contributed by atoms with E-state index >= 15 is 0 Å². The molecule has 0 aliphatic carbocycles. The van der Waals surface area contributed by atoms with Crippen LogP contribution in [0.15, 0.2) is 54.6 Å². The van der Waals surface area contributed by atoms with Crippen LogP contribution in [0.2, 0.25) is 0 Å². The number of anilines is 2. The minimum atomic E-state index is -0.476. The van der Waals surface area contributed by atoms with Crippen LogP contribution < -0.4 is 14.5 Å². The normalized spacial score (nSPS) is 17.0. The van der Waals surface area contributed by atoms with Gasteiger partial charge in [-0.2, -0.15) is 0 Å². The summed E-state index contributed by atoms with van der Waals surface area (Å²) in [5.74, 6) is 0.609. The summed E-state index contributed by atoms with van der Waals surface area (Å²) in [6, 6.07) is 16.2. The van der Waals surface area contributed by atoms with Gasteiger partial charge in [-0.1, -0.05) is 18.2 Å². The van der Waals surface area contributed by atoms with Crippen LogP contribution in [0.5, 0.6) is 5.75 Å². The molecular weight excluding hydrogens is 304 g/mol. The van der Waals surface area contributed by atoms with Gasteiger partial charge in [-0.25, -0.2) is 0 Å². The highest BCUT2D eigenvalue weighted by atomic mass is 16.5. The number of carbonyl (C=O) groups excluding carboxylic acids is 2. The molecule has 1 aliphatic heterocycles. The first-order chi connectivity index (χ1) is 11.6. The fourth-order valence-corrected chi connectivity index (χ4v) is 2.99. The van der Waals surface area contributed by atoms with E-state index in [4.69, 9.17) is 4.74 Å². The number of rotatable bonds is 4. The number of hydrogen-bond acceptors (Lipinski definition) is 3. The molecule has 5 heteroatoms. The van der Waals surface area contributed by atoms with E-state index in [1.807, 2.05) is 42.5 Å². The molecule has 1 saturated heterocycles. The van der Waals surface area contributed by atoms with Gasteiger partial charge in [0.2, 0.25) is 11.8 Å². The zero-order valence-corrected chi connectivity index (χ0v) is 13.8. The molecule has 2 aromatic rings. The zero-order valence-electron chi connectivity index (χ0n) is 13.8. The average Bonchev–Trinajstić information content (AvgIpc) is 3.02. The maximum Gasteiger partial charge on any atom is 0.249 e. The van der Waals surface area contributed by atoms with E-state index in [-0.39, 0.29) is 11.8 Å². The second-order valence-corrected chi connectivity index (χ2v) is 5.75. The summed E-state index contributed by atoms with van der Waals surface area (Å²) < 4.78 is 5.15. The second kappa shape index (κ2) is 6.74. The Morgan fingerprint density at radius 3 is 2.42 bits per heavy atom. The first-order valence-corrected chi connectivity index (χ1v) is 7.90. The number of carbonyl (C=O) groups is 2. The van der Waals surface area contributed by atoms with Crippen molar-refractivity contribution in [2.24, 2.45) is 0 Å². The molecule has 0 spiro atoms. The third kappa shape index (κ3) is 2.97. The molecule has 2 aromatic carbocycles. The number of ether oxygens (including phenoxy) is 1. The van der Waals surface area contributed by atoms with Crippen molar-refractivity contribution in [3.63, 3.8) is 0 Å². The Bertz CT molecular complexity index is 728. The first kappa shape index (κ1) is 16.1. The monoisotopic (exact) mass is 324 g/mol. The van der Waals surface area contributed by atoms with Gasteiger partial charge in [-0.3, -0.25) is 14.5 Å². The highest BCUT2D eigenvalue weighted by Gasteiger charge is 2.38. The van der Waals surface area contributed by atoms with Crippen LogP contribution in [0.25, 0.3) is 0 Å². The molecule has 3 rings (SSSR count). The molecule has 1 atom stereocenters. The van der Waals surface area contributed by atoms with Crippen LogP contribution in [0.1, 0.15) is 12.8 Å². The van der Waals surface area contributed by atoms with Crippen LogP contribution >= 0.6 is 0 Å². The maximum absolute atomic E-state index is 12.9. The summed E-state index contributed by atoms with van der Waals surface area (Å²) in [7, 11) is 3.34. The van der Waals surface area contributed by atoms with Crippen molar-refractivity contribution < 1.29 is 14.3 Å². The Morgan fingerprint density at radius 2 is 1.79 bits per heavy atom. The Kier molecular flexibility index (Phi) is 4.51. The van der Waals surface area contributed by atoms with Gasteiger partial charge >= 0.3 is 0 Å². The van der Waals surface area contributed by atoms with Crippen LogP contribution in [0.3, 0.4) is 0 Å². The highest BCUT2D eigenvalue weighted by Crippen LogP contribution is 2.30. The molecule has 0 saturated carbocycles. The van der Waals surface area contributed by atoms with Crippen molar-refractivity contribution in [2.45, 2.75) is 18.9 Å². The molecule has 124 valence electrons. The molecular formula is C19H20N2O3. The number of nitrogens with zero attached hydrogens (tertiary/aromatic N) is 2. The van der Waals surface area contributed by atoms with Crippen LogP contribution in [-0.4, -0.2) is 32.0 Å². The standard InChI is InChI=1S/C19H20N2O3/c1-20(14-6-4-3-5-7-14)19(23)17-12-13-18(22)21(17)15-8-10-16(24-2)11-9-15/h3-11,17H,12-13H2,1-2H3. The highest BCUT2D eigenvalue weighted by molar-refractivity contribution is 6.08. The predicted octanol–water partition coefficient (Wildman–Crippen LogP) is 2.85. The number of methoxy groups -OCH3 is 1. The predicted molar refractivity (Wildman–Crippen MR) is 93.4 cm³/mol. The van der Waals surface area contributed by atoms with E-state index in [2.05, 4.69) is 0 Å². The third-order valence-electron chi connectivity index (χ3n) is 4.32. The van der Waals surface area contributed by atoms with Crippen molar-refractivity contribution in [3.05, 3.63) is 54.6 Å². The van der Waals surface area contributed by atoms with Crippen LogP contribution in [0.4, 0.5) is 11.4 Å². The minimum absolute atomic E-state index is 0.0278. The molecule has 1 aliphatic rings.